The SMILES string of the molecule is CCCCC(C)N(C(C)C)[C@@H]1CCc2ccccc21. The molecule has 0 saturated heterocycles. The van der Waals surface area contributed by atoms with E-state index in [1.54, 1.807) is 11.1 Å². The zero-order valence-electron chi connectivity index (χ0n) is 13.0. The number of hydrogen-bond donors (Lipinski definition) is 0. The highest BCUT2D eigenvalue weighted by Crippen LogP contribution is 2.38. The molecule has 2 atom stereocenters. The highest BCUT2D eigenvalue weighted by molar-refractivity contribution is 5.34. The van der Waals surface area contributed by atoms with Crippen molar-refractivity contribution in [2.75, 3.05) is 0 Å². The van der Waals surface area contributed by atoms with Gasteiger partial charge in [-0.1, -0.05) is 44.0 Å². The van der Waals surface area contributed by atoms with E-state index in [1.807, 2.05) is 0 Å². The number of benzene rings is 1. The van der Waals surface area contributed by atoms with Crippen LogP contribution in [0, 0.1) is 0 Å². The zero-order valence-corrected chi connectivity index (χ0v) is 13.0. The summed E-state index contributed by atoms with van der Waals surface area (Å²) in [6, 6.07) is 11.0. The van der Waals surface area contributed by atoms with Crippen molar-refractivity contribution in [3.8, 4) is 0 Å². The number of rotatable bonds is 6. The highest BCUT2D eigenvalue weighted by atomic mass is 15.2. The van der Waals surface area contributed by atoms with Crippen LogP contribution in [-0.4, -0.2) is 17.0 Å². The van der Waals surface area contributed by atoms with Gasteiger partial charge in [0.05, 0.1) is 0 Å². The third kappa shape index (κ3) is 3.20. The number of unbranched alkanes of at least 4 members (excludes halogenated alkanes) is 1. The van der Waals surface area contributed by atoms with Crippen LogP contribution in [0.5, 0.6) is 0 Å². The first-order chi connectivity index (χ1) is 9.15. The molecule has 0 amide bonds. The van der Waals surface area contributed by atoms with Crippen molar-refractivity contribution >= 4 is 0 Å². The molecule has 2 rings (SSSR count). The fraction of sp³-hybridized carbons (Fsp3) is 0.667. The Bertz CT molecular complexity index is 396. The van der Waals surface area contributed by atoms with Crippen LogP contribution in [0.15, 0.2) is 24.3 Å². The van der Waals surface area contributed by atoms with Crippen molar-refractivity contribution in [1.82, 2.24) is 4.90 Å². The molecule has 1 heteroatoms. The number of nitrogens with zero attached hydrogens (tertiary/aromatic N) is 1. The molecule has 0 saturated carbocycles. The van der Waals surface area contributed by atoms with E-state index < -0.39 is 0 Å². The van der Waals surface area contributed by atoms with Crippen LogP contribution >= 0.6 is 0 Å². The molecule has 1 unspecified atom stereocenters. The molecular weight excluding hydrogens is 230 g/mol. The second-order valence-corrected chi connectivity index (χ2v) is 6.29. The summed E-state index contributed by atoms with van der Waals surface area (Å²) in [5, 5.41) is 0. The number of fused-ring (bicyclic) bond motifs is 1. The molecule has 1 nitrogen and oxygen atoms in total. The third-order valence-electron chi connectivity index (χ3n) is 4.54. The molecule has 0 radical (unpaired) electrons. The van der Waals surface area contributed by atoms with Gasteiger partial charge in [0.2, 0.25) is 0 Å². The molecule has 0 N–H and O–H groups in total. The molecule has 0 aromatic heterocycles. The summed E-state index contributed by atoms with van der Waals surface area (Å²) in [6.07, 6.45) is 6.53. The van der Waals surface area contributed by atoms with Crippen molar-refractivity contribution in [2.24, 2.45) is 0 Å². The molecule has 1 aliphatic rings. The first kappa shape index (κ1) is 14.6. The summed E-state index contributed by atoms with van der Waals surface area (Å²) in [7, 11) is 0. The van der Waals surface area contributed by atoms with Gasteiger partial charge >= 0.3 is 0 Å². The molecule has 1 aromatic rings. The zero-order chi connectivity index (χ0) is 13.8. The maximum Gasteiger partial charge on any atom is 0.0359 e. The number of hydrogen-bond acceptors (Lipinski definition) is 1. The van der Waals surface area contributed by atoms with Gasteiger partial charge in [0.25, 0.3) is 0 Å². The minimum Gasteiger partial charge on any atom is -0.291 e. The van der Waals surface area contributed by atoms with Crippen LogP contribution in [-0.2, 0) is 6.42 Å². The Morgan fingerprint density at radius 1 is 1.21 bits per heavy atom. The van der Waals surface area contributed by atoms with E-state index in [9.17, 15) is 0 Å². The number of aryl methyl sites for hydroxylation is 1. The van der Waals surface area contributed by atoms with E-state index in [4.69, 9.17) is 0 Å². The van der Waals surface area contributed by atoms with E-state index >= 15 is 0 Å². The largest absolute Gasteiger partial charge is 0.291 e. The van der Waals surface area contributed by atoms with Gasteiger partial charge in [-0.3, -0.25) is 4.90 Å². The first-order valence-corrected chi connectivity index (χ1v) is 8.00. The second kappa shape index (κ2) is 6.56. The van der Waals surface area contributed by atoms with Gasteiger partial charge < -0.3 is 0 Å². The fourth-order valence-corrected chi connectivity index (χ4v) is 3.67. The molecule has 1 aliphatic carbocycles. The molecule has 0 aliphatic heterocycles. The van der Waals surface area contributed by atoms with Crippen molar-refractivity contribution in [2.45, 2.75) is 77.9 Å². The van der Waals surface area contributed by atoms with Gasteiger partial charge in [0.1, 0.15) is 0 Å². The molecule has 106 valence electrons. The van der Waals surface area contributed by atoms with Gasteiger partial charge in [0, 0.05) is 18.1 Å². The molecule has 0 spiro atoms. The summed E-state index contributed by atoms with van der Waals surface area (Å²) in [5.74, 6) is 0. The average molecular weight is 259 g/mol. The Morgan fingerprint density at radius 2 is 1.95 bits per heavy atom. The normalized spacial score (nSPS) is 20.0. The molecule has 0 bridgehead atoms. The minimum atomic E-state index is 0.628. The lowest BCUT2D eigenvalue weighted by Crippen LogP contribution is -2.41. The smallest absolute Gasteiger partial charge is 0.0359 e. The maximum atomic E-state index is 2.75. The fourth-order valence-electron chi connectivity index (χ4n) is 3.67. The van der Waals surface area contributed by atoms with Gasteiger partial charge in [0.15, 0.2) is 0 Å². The highest BCUT2D eigenvalue weighted by Gasteiger charge is 2.31. The summed E-state index contributed by atoms with van der Waals surface area (Å²) in [6.45, 7) is 9.40. The van der Waals surface area contributed by atoms with E-state index in [2.05, 4.69) is 56.9 Å². The Labute approximate surface area is 119 Å². The Hall–Kier alpha value is -0.820. The van der Waals surface area contributed by atoms with Crippen LogP contribution < -0.4 is 0 Å². The van der Waals surface area contributed by atoms with Crippen LogP contribution in [0.2, 0.25) is 0 Å². The Morgan fingerprint density at radius 3 is 2.63 bits per heavy atom. The molecule has 1 aromatic carbocycles. The maximum absolute atomic E-state index is 2.75. The van der Waals surface area contributed by atoms with Crippen molar-refractivity contribution in [1.29, 1.82) is 0 Å². The lowest BCUT2D eigenvalue weighted by Gasteiger charge is -2.38. The van der Waals surface area contributed by atoms with Gasteiger partial charge in [-0.25, -0.2) is 0 Å². The van der Waals surface area contributed by atoms with E-state index in [0.717, 1.165) is 0 Å². The predicted molar refractivity (Wildman–Crippen MR) is 83.5 cm³/mol. The lowest BCUT2D eigenvalue weighted by atomic mass is 10.0. The van der Waals surface area contributed by atoms with Crippen LogP contribution in [0.3, 0.4) is 0 Å². The second-order valence-electron chi connectivity index (χ2n) is 6.29. The summed E-state index contributed by atoms with van der Waals surface area (Å²) >= 11 is 0. The summed E-state index contributed by atoms with van der Waals surface area (Å²) in [4.78, 5) is 2.75. The van der Waals surface area contributed by atoms with Crippen molar-refractivity contribution < 1.29 is 0 Å². The molecule has 0 fully saturated rings. The van der Waals surface area contributed by atoms with E-state index in [0.29, 0.717) is 18.1 Å². The summed E-state index contributed by atoms with van der Waals surface area (Å²) in [5.41, 5.74) is 3.15. The van der Waals surface area contributed by atoms with Gasteiger partial charge in [-0.2, -0.15) is 0 Å². The molecule has 0 heterocycles. The van der Waals surface area contributed by atoms with Crippen molar-refractivity contribution in [3.05, 3.63) is 35.4 Å². The topological polar surface area (TPSA) is 3.24 Å². The van der Waals surface area contributed by atoms with E-state index in [1.165, 1.54) is 32.1 Å². The monoisotopic (exact) mass is 259 g/mol. The van der Waals surface area contributed by atoms with Crippen molar-refractivity contribution in [3.63, 3.8) is 0 Å². The van der Waals surface area contributed by atoms with Crippen LogP contribution in [0.4, 0.5) is 0 Å². The average Bonchev–Trinajstić information content (AvgIpc) is 2.80. The van der Waals surface area contributed by atoms with Crippen LogP contribution in [0.1, 0.15) is 70.5 Å². The third-order valence-corrected chi connectivity index (χ3v) is 4.54. The van der Waals surface area contributed by atoms with E-state index in [-0.39, 0.29) is 0 Å². The quantitative estimate of drug-likeness (QED) is 0.697. The minimum absolute atomic E-state index is 0.628. The molecular formula is C18H29N. The summed E-state index contributed by atoms with van der Waals surface area (Å²) < 4.78 is 0. The van der Waals surface area contributed by atoms with Gasteiger partial charge in [-0.15, -0.1) is 0 Å². The molecule has 19 heavy (non-hydrogen) atoms. The van der Waals surface area contributed by atoms with Crippen LogP contribution in [0.25, 0.3) is 0 Å². The van der Waals surface area contributed by atoms with Gasteiger partial charge in [-0.05, 0) is 51.2 Å². The lowest BCUT2D eigenvalue weighted by molar-refractivity contribution is 0.0962. The predicted octanol–water partition coefficient (Wildman–Crippen LogP) is 4.96. The Balaban J connectivity index is 2.17. The first-order valence-electron chi connectivity index (χ1n) is 8.00. The Kier molecular flexibility index (Phi) is 5.04. The standard InChI is InChI=1S/C18H29N/c1-5-6-9-15(4)19(14(2)3)18-13-12-16-10-7-8-11-17(16)18/h7-8,10-11,14-15,18H,5-6,9,12-13H2,1-4H3/t15?,18-/m1/s1.